The molecule has 0 bridgehead atoms. The Labute approximate surface area is 189 Å². The van der Waals surface area contributed by atoms with E-state index in [1.165, 1.54) is 0 Å². The van der Waals surface area contributed by atoms with Crippen molar-refractivity contribution in [2.75, 3.05) is 0 Å². The summed E-state index contributed by atoms with van der Waals surface area (Å²) in [5, 5.41) is 0. The van der Waals surface area contributed by atoms with Gasteiger partial charge in [-0.15, -0.1) is 11.5 Å². The summed E-state index contributed by atoms with van der Waals surface area (Å²) in [4.78, 5) is 1.76. The summed E-state index contributed by atoms with van der Waals surface area (Å²) >= 11 is 7.62. The number of alkyl halides is 2. The van der Waals surface area contributed by atoms with E-state index in [1.54, 1.807) is 0 Å². The zero-order valence-corrected chi connectivity index (χ0v) is 20.6. The Kier molecular flexibility index (Phi) is 9.47. The molecule has 0 fully saturated rings. The van der Waals surface area contributed by atoms with Gasteiger partial charge in [0, 0.05) is 9.81 Å². The van der Waals surface area contributed by atoms with Crippen LogP contribution >= 0.6 is 31.9 Å². The topological polar surface area (TPSA) is 17.1 Å². The Bertz CT molecular complexity index is 765. The Morgan fingerprint density at radius 1 is 0.893 bits per heavy atom. The molecule has 0 saturated heterocycles. The average molecular weight is 524 g/mol. The molecule has 0 saturated carbocycles. The average Bonchev–Trinajstić information content (AvgIpc) is 2.69. The number of rotatable bonds is 8. The number of halogens is 2. The molecule has 0 aliphatic heterocycles. The van der Waals surface area contributed by atoms with Crippen LogP contribution < -0.4 is 0 Å². The highest BCUT2D eigenvalue weighted by molar-refractivity contribution is 9.10. The summed E-state index contributed by atoms with van der Waals surface area (Å²) in [5.74, 6) is 0. The van der Waals surface area contributed by atoms with Gasteiger partial charge in [-0.25, -0.2) is 4.21 Å². The van der Waals surface area contributed by atoms with E-state index in [2.05, 4.69) is 93.6 Å². The molecule has 2 aliphatic carbocycles. The van der Waals surface area contributed by atoms with Crippen molar-refractivity contribution < 1.29 is 4.21 Å². The van der Waals surface area contributed by atoms with E-state index in [1.807, 2.05) is 24.3 Å². The first-order valence-electron chi connectivity index (χ1n) is 9.78. The predicted molar refractivity (Wildman–Crippen MR) is 130 cm³/mol. The Morgan fingerprint density at radius 2 is 1.32 bits per heavy atom. The van der Waals surface area contributed by atoms with Crippen LogP contribution in [0.15, 0.2) is 82.0 Å². The van der Waals surface area contributed by atoms with Crippen molar-refractivity contribution >= 4 is 42.7 Å². The van der Waals surface area contributed by atoms with Gasteiger partial charge in [0.25, 0.3) is 0 Å². The van der Waals surface area contributed by atoms with Crippen molar-refractivity contribution in [3.8, 4) is 0 Å². The SMILES string of the molecule is CCC=C=CCC1(Br)C=CC(S(=O)C2=CCC(Br)(CC=C=CCC)C=C2)=CC1. The standard InChI is InChI=1S/C24H28Br2OS/c1-3-5-7-9-15-23(25)17-11-21(12-18-23)28(27)22-13-19-24(26,20-14-22)16-10-8-6-4-2/h5-6,9-14,17,19H,3-4,15-16,18,20H2,1-2H3. The van der Waals surface area contributed by atoms with Crippen molar-refractivity contribution in [3.63, 3.8) is 0 Å². The molecular weight excluding hydrogens is 496 g/mol. The van der Waals surface area contributed by atoms with E-state index in [0.717, 1.165) is 48.3 Å². The third kappa shape index (κ3) is 7.17. The van der Waals surface area contributed by atoms with Crippen molar-refractivity contribution in [2.45, 2.75) is 61.0 Å². The van der Waals surface area contributed by atoms with E-state index < -0.39 is 10.8 Å². The highest BCUT2D eigenvalue weighted by Gasteiger charge is 2.28. The molecule has 0 aromatic heterocycles. The second-order valence-corrected chi connectivity index (χ2v) is 11.6. The summed E-state index contributed by atoms with van der Waals surface area (Å²) in [6, 6.07) is 0. The van der Waals surface area contributed by atoms with Crippen molar-refractivity contribution in [2.24, 2.45) is 0 Å². The highest BCUT2D eigenvalue weighted by Crippen LogP contribution is 2.37. The molecule has 2 rings (SSSR count). The zero-order valence-electron chi connectivity index (χ0n) is 16.6. The minimum absolute atomic E-state index is 0.102. The lowest BCUT2D eigenvalue weighted by atomic mass is 9.97. The van der Waals surface area contributed by atoms with Crippen LogP contribution in [0.1, 0.15) is 52.4 Å². The lowest BCUT2D eigenvalue weighted by Gasteiger charge is -2.26. The van der Waals surface area contributed by atoms with Gasteiger partial charge >= 0.3 is 0 Å². The van der Waals surface area contributed by atoms with Gasteiger partial charge in [-0.3, -0.25) is 0 Å². The van der Waals surface area contributed by atoms with Crippen LogP contribution in [0.4, 0.5) is 0 Å². The Hall–Kier alpha value is -0.890. The third-order valence-corrected chi connectivity index (χ3v) is 7.85. The fourth-order valence-corrected chi connectivity index (χ4v) is 4.89. The van der Waals surface area contributed by atoms with Gasteiger partial charge in [0.05, 0.1) is 19.4 Å². The van der Waals surface area contributed by atoms with Crippen molar-refractivity contribution in [3.05, 3.63) is 82.0 Å². The molecule has 0 amide bonds. The molecule has 2 aliphatic rings. The molecule has 150 valence electrons. The fraction of sp³-hybridized carbons (Fsp3) is 0.417. The summed E-state index contributed by atoms with van der Waals surface area (Å²) in [6.45, 7) is 4.20. The van der Waals surface area contributed by atoms with Crippen LogP contribution in [-0.2, 0) is 10.8 Å². The van der Waals surface area contributed by atoms with Crippen LogP contribution in [0.25, 0.3) is 0 Å². The van der Waals surface area contributed by atoms with Gasteiger partial charge < -0.3 is 0 Å². The van der Waals surface area contributed by atoms with Crippen LogP contribution in [0.2, 0.25) is 0 Å². The smallest absolute Gasteiger partial charge is 0.0842 e. The number of hydrogen-bond acceptors (Lipinski definition) is 1. The summed E-state index contributed by atoms with van der Waals surface area (Å²) in [6.07, 6.45) is 26.0. The minimum atomic E-state index is -1.13. The first-order valence-corrected chi connectivity index (χ1v) is 12.5. The lowest BCUT2D eigenvalue weighted by molar-refractivity contribution is 0.688. The van der Waals surface area contributed by atoms with E-state index >= 15 is 0 Å². The molecule has 1 nitrogen and oxygen atoms in total. The molecule has 0 radical (unpaired) electrons. The first kappa shape index (κ1) is 23.4. The maximum absolute atomic E-state index is 13.0. The lowest BCUT2D eigenvalue weighted by Crippen LogP contribution is -2.20. The number of allylic oxidation sites excluding steroid dienone is 8. The van der Waals surface area contributed by atoms with Gasteiger partial charge in [-0.2, -0.15) is 0 Å². The van der Waals surface area contributed by atoms with Gasteiger partial charge in [0.1, 0.15) is 0 Å². The minimum Gasteiger partial charge on any atom is -0.249 e. The van der Waals surface area contributed by atoms with Gasteiger partial charge in [0.15, 0.2) is 0 Å². The molecule has 0 N–H and O–H groups in total. The van der Waals surface area contributed by atoms with Gasteiger partial charge in [-0.05, 0) is 75.0 Å². The van der Waals surface area contributed by atoms with E-state index in [-0.39, 0.29) is 8.65 Å². The quantitative estimate of drug-likeness (QED) is 0.235. The molecular formula is C24H28Br2OS. The van der Waals surface area contributed by atoms with Crippen LogP contribution in [-0.4, -0.2) is 12.9 Å². The summed E-state index contributed by atoms with van der Waals surface area (Å²) in [5.41, 5.74) is 6.39. The van der Waals surface area contributed by atoms with Crippen LogP contribution in [0.3, 0.4) is 0 Å². The van der Waals surface area contributed by atoms with E-state index in [4.69, 9.17) is 0 Å². The molecule has 2 unspecified atom stereocenters. The second-order valence-electron chi connectivity index (χ2n) is 7.00. The zero-order chi connectivity index (χ0) is 20.5. The van der Waals surface area contributed by atoms with Crippen LogP contribution in [0.5, 0.6) is 0 Å². The maximum Gasteiger partial charge on any atom is 0.0842 e. The molecule has 28 heavy (non-hydrogen) atoms. The highest BCUT2D eigenvalue weighted by atomic mass is 79.9. The van der Waals surface area contributed by atoms with Crippen molar-refractivity contribution in [1.29, 1.82) is 0 Å². The summed E-state index contributed by atoms with van der Waals surface area (Å²) in [7, 11) is -1.13. The normalized spacial score (nSPS) is 27.0. The fourth-order valence-electron chi connectivity index (χ4n) is 2.85. The molecule has 0 aromatic rings. The summed E-state index contributed by atoms with van der Waals surface area (Å²) < 4.78 is 12.8. The molecule has 0 heterocycles. The third-order valence-electron chi connectivity index (χ3n) is 4.57. The van der Waals surface area contributed by atoms with Crippen molar-refractivity contribution in [1.82, 2.24) is 0 Å². The van der Waals surface area contributed by atoms with E-state index in [9.17, 15) is 4.21 Å². The van der Waals surface area contributed by atoms with E-state index in [0.29, 0.717) is 0 Å². The molecule has 0 spiro atoms. The molecule has 4 heteroatoms. The first-order chi connectivity index (χ1) is 13.4. The van der Waals surface area contributed by atoms with Gasteiger partial charge in [0.2, 0.25) is 0 Å². The Balaban J connectivity index is 1.97. The Morgan fingerprint density at radius 3 is 1.64 bits per heavy atom. The maximum atomic E-state index is 13.0. The molecule has 2 atom stereocenters. The predicted octanol–water partition coefficient (Wildman–Crippen LogP) is 7.71. The van der Waals surface area contributed by atoms with Crippen LogP contribution in [0, 0.1) is 0 Å². The van der Waals surface area contributed by atoms with Gasteiger partial charge in [-0.1, -0.05) is 70.0 Å². The monoisotopic (exact) mass is 522 g/mol. The molecule has 0 aromatic carbocycles. The largest absolute Gasteiger partial charge is 0.249 e. The number of hydrogen-bond donors (Lipinski definition) is 0. The second kappa shape index (κ2) is 11.3.